The van der Waals surface area contributed by atoms with E-state index in [9.17, 15) is 18.0 Å². The number of carbonyl (C=O) groups is 1. The topological polar surface area (TPSA) is 70.7 Å². The highest BCUT2D eigenvalue weighted by Gasteiger charge is 2.31. The molecule has 21 heavy (non-hydrogen) atoms. The second kappa shape index (κ2) is 6.35. The van der Waals surface area contributed by atoms with Crippen LogP contribution in [0.15, 0.2) is 29.4 Å². The Morgan fingerprint density at radius 2 is 2.19 bits per heavy atom. The first-order chi connectivity index (χ1) is 9.86. The predicted molar refractivity (Wildman–Crippen MR) is 72.2 cm³/mol. The van der Waals surface area contributed by atoms with Gasteiger partial charge < -0.3 is 5.32 Å². The lowest BCUT2D eigenvalue weighted by atomic mass is 10.2. The lowest BCUT2D eigenvalue weighted by Crippen LogP contribution is -2.15. The Bertz CT molecular complexity index is 633. The predicted octanol–water partition coefficient (Wildman–Crippen LogP) is 3.21. The minimum Gasteiger partial charge on any atom is -0.324 e. The number of nitrogens with one attached hydrogen (secondary N) is 2. The van der Waals surface area contributed by atoms with Crippen molar-refractivity contribution in [2.75, 3.05) is 11.1 Å². The lowest BCUT2D eigenvalue weighted by molar-refractivity contribution is -0.137. The number of benzene rings is 1. The first-order valence-electron chi connectivity index (χ1n) is 5.51. The van der Waals surface area contributed by atoms with Crippen LogP contribution >= 0.6 is 23.4 Å². The summed E-state index contributed by atoms with van der Waals surface area (Å²) >= 11 is 6.86. The minimum absolute atomic E-state index is 0.0287. The van der Waals surface area contributed by atoms with E-state index >= 15 is 0 Å². The molecule has 10 heteroatoms. The van der Waals surface area contributed by atoms with Gasteiger partial charge in [-0.1, -0.05) is 23.4 Å². The molecular weight excluding hydrogens is 329 g/mol. The fraction of sp³-hybridized carbons (Fsp3) is 0.182. The number of rotatable bonds is 4. The maximum absolute atomic E-state index is 12.6. The number of hydrogen-bond donors (Lipinski definition) is 2. The molecule has 1 heterocycles. The van der Waals surface area contributed by atoms with Gasteiger partial charge in [0.25, 0.3) is 0 Å². The molecule has 0 aliphatic rings. The van der Waals surface area contributed by atoms with Crippen LogP contribution in [0.1, 0.15) is 5.56 Å². The Morgan fingerprint density at radius 3 is 2.81 bits per heavy atom. The molecule has 0 bridgehead atoms. The first kappa shape index (κ1) is 15.6. The fourth-order valence-corrected chi connectivity index (χ4v) is 2.13. The third-order valence-corrected chi connectivity index (χ3v) is 3.54. The molecule has 1 aromatic heterocycles. The van der Waals surface area contributed by atoms with Crippen molar-refractivity contribution in [1.82, 2.24) is 15.4 Å². The van der Waals surface area contributed by atoms with Crippen molar-refractivity contribution < 1.29 is 18.0 Å². The van der Waals surface area contributed by atoms with Gasteiger partial charge in [-0.2, -0.15) is 23.5 Å². The molecule has 0 saturated heterocycles. The van der Waals surface area contributed by atoms with Crippen LogP contribution in [-0.4, -0.2) is 27.1 Å². The SMILES string of the molecule is O=C(CSc1cn[nH]n1)Nc1cc(C(F)(F)F)ccc1Cl. The number of halogens is 4. The summed E-state index contributed by atoms with van der Waals surface area (Å²) in [5.74, 6) is -0.525. The molecule has 0 spiro atoms. The van der Waals surface area contributed by atoms with Crippen LogP contribution in [0.2, 0.25) is 5.02 Å². The number of hydrogen-bond acceptors (Lipinski definition) is 4. The maximum Gasteiger partial charge on any atom is 0.416 e. The molecule has 0 fully saturated rings. The van der Waals surface area contributed by atoms with Crippen LogP contribution in [0.4, 0.5) is 18.9 Å². The van der Waals surface area contributed by atoms with Gasteiger partial charge in [0.05, 0.1) is 28.2 Å². The summed E-state index contributed by atoms with van der Waals surface area (Å²) in [6.07, 6.45) is -3.07. The molecular formula is C11H8ClF3N4OS. The monoisotopic (exact) mass is 336 g/mol. The summed E-state index contributed by atoms with van der Waals surface area (Å²) < 4.78 is 37.8. The van der Waals surface area contributed by atoms with E-state index < -0.39 is 17.6 Å². The smallest absolute Gasteiger partial charge is 0.324 e. The largest absolute Gasteiger partial charge is 0.416 e. The summed E-state index contributed by atoms with van der Waals surface area (Å²) in [5.41, 5.74) is -0.969. The average molecular weight is 337 g/mol. The van der Waals surface area contributed by atoms with E-state index in [-0.39, 0.29) is 16.5 Å². The van der Waals surface area contributed by atoms with Crippen molar-refractivity contribution in [3.05, 3.63) is 35.0 Å². The highest BCUT2D eigenvalue weighted by atomic mass is 35.5. The first-order valence-corrected chi connectivity index (χ1v) is 6.88. The zero-order chi connectivity index (χ0) is 15.5. The molecule has 1 aromatic carbocycles. The lowest BCUT2D eigenvalue weighted by Gasteiger charge is -2.11. The van der Waals surface area contributed by atoms with Gasteiger partial charge in [0.15, 0.2) is 0 Å². The highest BCUT2D eigenvalue weighted by molar-refractivity contribution is 7.99. The van der Waals surface area contributed by atoms with E-state index in [1.54, 1.807) is 0 Å². The van der Waals surface area contributed by atoms with Gasteiger partial charge in [-0.25, -0.2) is 0 Å². The van der Waals surface area contributed by atoms with Gasteiger partial charge in [0.2, 0.25) is 5.91 Å². The van der Waals surface area contributed by atoms with Crippen molar-refractivity contribution in [2.45, 2.75) is 11.2 Å². The summed E-state index contributed by atoms with van der Waals surface area (Å²) in [6, 6.07) is 2.73. The van der Waals surface area contributed by atoms with Crippen LogP contribution in [-0.2, 0) is 11.0 Å². The molecule has 0 aliphatic carbocycles. The highest BCUT2D eigenvalue weighted by Crippen LogP contribution is 2.33. The van der Waals surface area contributed by atoms with Crippen molar-refractivity contribution in [1.29, 1.82) is 0 Å². The van der Waals surface area contributed by atoms with E-state index in [1.807, 2.05) is 0 Å². The Kier molecular flexibility index (Phi) is 4.73. The minimum atomic E-state index is -4.50. The van der Waals surface area contributed by atoms with Gasteiger partial charge in [-0.3, -0.25) is 4.79 Å². The van der Waals surface area contributed by atoms with Crippen molar-refractivity contribution in [2.24, 2.45) is 0 Å². The van der Waals surface area contributed by atoms with Crippen LogP contribution in [0, 0.1) is 0 Å². The molecule has 0 saturated carbocycles. The van der Waals surface area contributed by atoms with Gasteiger partial charge >= 0.3 is 6.18 Å². The molecule has 0 radical (unpaired) electrons. The number of aromatic nitrogens is 3. The molecule has 0 unspecified atom stereocenters. The van der Waals surface area contributed by atoms with Crippen molar-refractivity contribution in [3.8, 4) is 0 Å². The average Bonchev–Trinajstić information content (AvgIpc) is 2.91. The number of nitrogens with zero attached hydrogens (tertiary/aromatic N) is 2. The second-order valence-corrected chi connectivity index (χ2v) is 5.24. The van der Waals surface area contributed by atoms with Crippen LogP contribution in [0.5, 0.6) is 0 Å². The summed E-state index contributed by atoms with van der Waals surface area (Å²) in [7, 11) is 0. The van der Waals surface area contributed by atoms with Gasteiger partial charge in [0, 0.05) is 0 Å². The third-order valence-electron chi connectivity index (χ3n) is 2.31. The van der Waals surface area contributed by atoms with Crippen LogP contribution in [0.3, 0.4) is 0 Å². The van der Waals surface area contributed by atoms with Gasteiger partial charge in [-0.15, -0.1) is 5.10 Å². The van der Waals surface area contributed by atoms with E-state index in [0.29, 0.717) is 5.03 Å². The van der Waals surface area contributed by atoms with Crippen molar-refractivity contribution >= 4 is 35.0 Å². The van der Waals surface area contributed by atoms with E-state index in [1.165, 1.54) is 6.20 Å². The fourth-order valence-electron chi connectivity index (χ4n) is 1.38. The standard InChI is InChI=1S/C11H8ClF3N4OS/c12-7-2-1-6(11(13,14)15)3-8(7)17-9(20)5-21-10-4-16-19-18-10/h1-4H,5H2,(H,17,20)(H,16,18,19). The zero-order valence-corrected chi connectivity index (χ0v) is 11.8. The molecule has 2 aromatic rings. The van der Waals surface area contributed by atoms with E-state index in [2.05, 4.69) is 20.7 Å². The number of amides is 1. The molecule has 0 atom stereocenters. The summed E-state index contributed by atoms with van der Waals surface area (Å²) in [5, 5.41) is 12.5. The number of thioether (sulfide) groups is 1. The quantitative estimate of drug-likeness (QED) is 0.841. The number of H-pyrrole nitrogens is 1. The molecule has 112 valence electrons. The Labute approximate surface area is 126 Å². The Balaban J connectivity index is 2.03. The molecule has 2 rings (SSSR count). The number of anilines is 1. The van der Waals surface area contributed by atoms with E-state index in [4.69, 9.17) is 11.6 Å². The van der Waals surface area contributed by atoms with Gasteiger partial charge in [-0.05, 0) is 18.2 Å². The molecule has 5 nitrogen and oxygen atoms in total. The van der Waals surface area contributed by atoms with Crippen LogP contribution < -0.4 is 5.32 Å². The van der Waals surface area contributed by atoms with E-state index in [0.717, 1.165) is 30.0 Å². The zero-order valence-electron chi connectivity index (χ0n) is 10.2. The maximum atomic E-state index is 12.6. The number of alkyl halides is 3. The number of aromatic amines is 1. The van der Waals surface area contributed by atoms with Gasteiger partial charge in [0.1, 0.15) is 5.03 Å². The second-order valence-electron chi connectivity index (χ2n) is 3.84. The van der Waals surface area contributed by atoms with Crippen LogP contribution in [0.25, 0.3) is 0 Å². The molecule has 1 amide bonds. The normalized spacial score (nSPS) is 11.4. The Hall–Kier alpha value is -1.74. The Morgan fingerprint density at radius 1 is 1.43 bits per heavy atom. The molecule has 2 N–H and O–H groups in total. The number of carbonyl (C=O) groups excluding carboxylic acids is 1. The summed E-state index contributed by atoms with van der Waals surface area (Å²) in [6.45, 7) is 0. The summed E-state index contributed by atoms with van der Waals surface area (Å²) in [4.78, 5) is 11.7. The molecule has 0 aliphatic heterocycles. The van der Waals surface area contributed by atoms with Crippen molar-refractivity contribution in [3.63, 3.8) is 0 Å². The third kappa shape index (κ3) is 4.36.